The van der Waals surface area contributed by atoms with Crippen LogP contribution in [0.5, 0.6) is 5.75 Å². The molecular formula is C40H44O5. The van der Waals surface area contributed by atoms with Crippen molar-refractivity contribution in [3.8, 4) is 5.75 Å². The second-order valence-corrected chi connectivity index (χ2v) is 11.4. The van der Waals surface area contributed by atoms with E-state index in [1.54, 1.807) is 6.92 Å². The number of benzene rings is 4. The number of fused-ring (bicyclic) bond motifs is 2. The van der Waals surface area contributed by atoms with Crippen molar-refractivity contribution in [1.82, 2.24) is 0 Å². The van der Waals surface area contributed by atoms with Crippen molar-refractivity contribution < 1.29 is 23.7 Å². The molecule has 4 aromatic rings. The minimum atomic E-state index is -0.622. The summed E-state index contributed by atoms with van der Waals surface area (Å²) in [7, 11) is 1.52. The van der Waals surface area contributed by atoms with E-state index < -0.39 is 6.10 Å². The van der Waals surface area contributed by atoms with Gasteiger partial charge in [0.25, 0.3) is 0 Å². The Morgan fingerprint density at radius 2 is 1.33 bits per heavy atom. The molecule has 0 bridgehead atoms. The highest BCUT2D eigenvalue weighted by Gasteiger charge is 2.23. The number of carbonyl (C=O) groups excluding carboxylic acids is 1. The van der Waals surface area contributed by atoms with Gasteiger partial charge >= 0.3 is 5.97 Å². The van der Waals surface area contributed by atoms with Gasteiger partial charge in [0, 0.05) is 13.5 Å². The van der Waals surface area contributed by atoms with E-state index in [1.807, 2.05) is 24.3 Å². The predicted octanol–water partition coefficient (Wildman–Crippen LogP) is 8.21. The zero-order valence-electron chi connectivity index (χ0n) is 26.7. The van der Waals surface area contributed by atoms with Gasteiger partial charge in [0.1, 0.15) is 18.5 Å². The second kappa shape index (κ2) is 16.2. The van der Waals surface area contributed by atoms with Crippen molar-refractivity contribution >= 4 is 18.1 Å². The van der Waals surface area contributed by atoms with Crippen LogP contribution in [-0.4, -0.2) is 39.0 Å². The molecule has 0 saturated heterocycles. The molecule has 2 unspecified atom stereocenters. The zero-order valence-corrected chi connectivity index (χ0v) is 26.7. The first-order valence-corrected chi connectivity index (χ1v) is 16.1. The lowest BCUT2D eigenvalue weighted by atomic mass is 9.93. The fourth-order valence-corrected chi connectivity index (χ4v) is 5.83. The number of carbonyl (C=O) groups is 1. The first kappa shape index (κ1) is 32.2. The number of esters is 1. The fraction of sp³-hybridized carbons (Fsp3) is 0.325. The largest absolute Gasteiger partial charge is 0.491 e. The average molecular weight is 605 g/mol. The highest BCUT2D eigenvalue weighted by atomic mass is 16.6. The average Bonchev–Trinajstić information content (AvgIpc) is 3.22. The van der Waals surface area contributed by atoms with Crippen LogP contribution in [0.1, 0.15) is 70.9 Å². The Balaban J connectivity index is 1.26. The molecule has 234 valence electrons. The van der Waals surface area contributed by atoms with E-state index in [2.05, 4.69) is 85.8 Å². The summed E-state index contributed by atoms with van der Waals surface area (Å²) in [6.07, 6.45) is 8.30. The molecule has 5 nitrogen and oxygen atoms in total. The van der Waals surface area contributed by atoms with Gasteiger partial charge in [-0.1, -0.05) is 104 Å². The smallest absolute Gasteiger partial charge is 0.335 e. The Labute approximate surface area is 267 Å². The Hall–Kier alpha value is -4.19. The van der Waals surface area contributed by atoms with Gasteiger partial charge in [-0.2, -0.15) is 0 Å². The predicted molar refractivity (Wildman–Crippen MR) is 181 cm³/mol. The number of aryl methyl sites for hydroxylation is 3. The number of rotatable bonds is 15. The lowest BCUT2D eigenvalue weighted by Crippen LogP contribution is -2.27. The van der Waals surface area contributed by atoms with Gasteiger partial charge in [0.15, 0.2) is 6.10 Å². The van der Waals surface area contributed by atoms with E-state index in [4.69, 9.17) is 18.9 Å². The van der Waals surface area contributed by atoms with E-state index in [0.29, 0.717) is 26.2 Å². The van der Waals surface area contributed by atoms with Crippen LogP contribution in [0.2, 0.25) is 0 Å². The van der Waals surface area contributed by atoms with Gasteiger partial charge in [0.05, 0.1) is 13.2 Å². The molecule has 5 heteroatoms. The van der Waals surface area contributed by atoms with Crippen LogP contribution in [0.15, 0.2) is 91.0 Å². The monoisotopic (exact) mass is 604 g/mol. The molecule has 5 rings (SSSR count). The van der Waals surface area contributed by atoms with E-state index in [1.165, 1.54) is 46.1 Å². The van der Waals surface area contributed by atoms with Gasteiger partial charge in [-0.05, 0) is 82.8 Å². The summed E-state index contributed by atoms with van der Waals surface area (Å²) < 4.78 is 23.1. The Morgan fingerprint density at radius 1 is 0.711 bits per heavy atom. The van der Waals surface area contributed by atoms with Crippen molar-refractivity contribution in [2.75, 3.05) is 26.9 Å². The molecule has 0 N–H and O–H groups in total. The molecule has 0 radical (unpaired) electrons. The Kier molecular flexibility index (Phi) is 11.6. The third-order valence-electron chi connectivity index (χ3n) is 8.21. The molecular weight excluding hydrogens is 560 g/mol. The van der Waals surface area contributed by atoms with Crippen LogP contribution in [-0.2, 0) is 44.7 Å². The van der Waals surface area contributed by atoms with Crippen molar-refractivity contribution in [2.45, 2.75) is 58.2 Å². The van der Waals surface area contributed by atoms with Crippen molar-refractivity contribution in [2.24, 2.45) is 0 Å². The maximum Gasteiger partial charge on any atom is 0.335 e. The first-order valence-electron chi connectivity index (χ1n) is 16.1. The minimum Gasteiger partial charge on any atom is -0.491 e. The third-order valence-corrected chi connectivity index (χ3v) is 8.21. The molecule has 45 heavy (non-hydrogen) atoms. The molecule has 0 amide bonds. The van der Waals surface area contributed by atoms with Gasteiger partial charge in [-0.25, -0.2) is 4.79 Å². The van der Waals surface area contributed by atoms with Gasteiger partial charge in [-0.15, -0.1) is 0 Å². The van der Waals surface area contributed by atoms with Gasteiger partial charge in [-0.3, -0.25) is 0 Å². The van der Waals surface area contributed by atoms with E-state index >= 15 is 0 Å². The molecule has 0 saturated carbocycles. The summed E-state index contributed by atoms with van der Waals surface area (Å²) in [6, 6.07) is 32.0. The minimum absolute atomic E-state index is 0.191. The summed E-state index contributed by atoms with van der Waals surface area (Å²) in [5, 5.41) is 0. The molecule has 1 aliphatic carbocycles. The fourth-order valence-electron chi connectivity index (χ4n) is 5.83. The topological polar surface area (TPSA) is 54.0 Å². The maximum atomic E-state index is 12.1. The van der Waals surface area contributed by atoms with E-state index in [-0.39, 0.29) is 12.1 Å². The number of hydrogen-bond donors (Lipinski definition) is 0. The second-order valence-electron chi connectivity index (χ2n) is 11.4. The van der Waals surface area contributed by atoms with E-state index in [0.717, 1.165) is 37.0 Å². The van der Waals surface area contributed by atoms with Crippen molar-refractivity contribution in [3.63, 3.8) is 0 Å². The zero-order chi connectivity index (χ0) is 31.4. The van der Waals surface area contributed by atoms with Crippen molar-refractivity contribution in [3.05, 3.63) is 136 Å². The van der Waals surface area contributed by atoms with E-state index in [9.17, 15) is 4.79 Å². The SMILES string of the molecule is CCCc1ccc2c(c1)C=Cc1cc(CCc3ccccc3)ccc1C2OCCOc1ccc(CC(OC)C(=O)OCC)cc1. The van der Waals surface area contributed by atoms with Crippen LogP contribution in [0.4, 0.5) is 0 Å². The molecule has 0 aliphatic heterocycles. The molecule has 0 fully saturated rings. The Bertz CT molecular complexity index is 1560. The highest BCUT2D eigenvalue weighted by molar-refractivity contribution is 5.77. The summed E-state index contributed by atoms with van der Waals surface area (Å²) >= 11 is 0. The molecule has 2 atom stereocenters. The molecule has 0 aromatic heterocycles. The summed E-state index contributed by atoms with van der Waals surface area (Å²) in [5.41, 5.74) is 9.77. The summed E-state index contributed by atoms with van der Waals surface area (Å²) in [4.78, 5) is 12.1. The standard InChI is InChI=1S/C40H44O5/c1-4-9-30-16-22-36-33(26-30)18-19-34-27-31(13-12-29-10-7-6-8-11-29)17-23-37(34)39(36)45-25-24-44-35-20-14-32(15-21-35)28-38(42-3)40(41)43-5-2/h6-8,10-11,14-23,26-27,38-39H,4-5,9,12-13,24-25,28H2,1-3H3. The third kappa shape index (κ3) is 8.72. The quantitative estimate of drug-likeness (QED) is 0.101. The molecule has 4 aromatic carbocycles. The van der Waals surface area contributed by atoms with Gasteiger partial charge < -0.3 is 18.9 Å². The number of ether oxygens (including phenoxy) is 4. The first-order chi connectivity index (χ1) is 22.1. The number of methoxy groups -OCH3 is 1. The lowest BCUT2D eigenvalue weighted by molar-refractivity contribution is -0.154. The van der Waals surface area contributed by atoms with Crippen LogP contribution < -0.4 is 4.74 Å². The maximum absolute atomic E-state index is 12.1. The molecule has 0 spiro atoms. The number of hydrogen-bond acceptors (Lipinski definition) is 5. The summed E-state index contributed by atoms with van der Waals surface area (Å²) in [5.74, 6) is 0.405. The lowest BCUT2D eigenvalue weighted by Gasteiger charge is -2.22. The van der Waals surface area contributed by atoms with Gasteiger partial charge in [0.2, 0.25) is 0 Å². The van der Waals surface area contributed by atoms with Crippen LogP contribution >= 0.6 is 0 Å². The molecule has 0 heterocycles. The van der Waals surface area contributed by atoms with Crippen molar-refractivity contribution in [1.29, 1.82) is 0 Å². The highest BCUT2D eigenvalue weighted by Crippen LogP contribution is 2.36. The Morgan fingerprint density at radius 3 is 1.96 bits per heavy atom. The van der Waals surface area contributed by atoms with Crippen LogP contribution in [0, 0.1) is 0 Å². The normalized spacial score (nSPS) is 14.2. The molecule has 1 aliphatic rings. The summed E-state index contributed by atoms with van der Waals surface area (Å²) in [6.45, 7) is 5.19. The van der Waals surface area contributed by atoms with Crippen LogP contribution in [0.25, 0.3) is 12.2 Å². The van der Waals surface area contributed by atoms with Crippen LogP contribution in [0.3, 0.4) is 0 Å².